The summed E-state index contributed by atoms with van der Waals surface area (Å²) in [5.74, 6) is -0.149. The zero-order valence-corrected chi connectivity index (χ0v) is 9.93. The summed E-state index contributed by atoms with van der Waals surface area (Å²) in [6.45, 7) is 5.94. The number of carboxylic acids is 1. The van der Waals surface area contributed by atoms with Crippen LogP contribution >= 0.6 is 11.3 Å². The van der Waals surface area contributed by atoms with Crippen molar-refractivity contribution in [1.29, 1.82) is 0 Å². The highest BCUT2D eigenvalue weighted by atomic mass is 32.1. The fourth-order valence-electron chi connectivity index (χ4n) is 1.28. The van der Waals surface area contributed by atoms with Gasteiger partial charge in [0.25, 0.3) is 0 Å². The van der Waals surface area contributed by atoms with Crippen molar-refractivity contribution < 1.29 is 9.90 Å². The molecule has 2 N–H and O–H groups in total. The Bertz CT molecular complexity index is 320. The maximum Gasteiger partial charge on any atom is 0.346 e. The lowest BCUT2D eigenvalue weighted by atomic mass is 10.1. The number of carboxylic acid groups (broad SMARTS) is 1. The van der Waals surface area contributed by atoms with Crippen LogP contribution < -0.4 is 5.32 Å². The molecule has 1 rings (SSSR count). The van der Waals surface area contributed by atoms with Crippen LogP contribution in [0.3, 0.4) is 0 Å². The SMILES string of the molecule is CC(C)CCNCc1ccsc1C(=O)O. The average Bonchev–Trinajstić information content (AvgIpc) is 2.60. The predicted molar refractivity (Wildman–Crippen MR) is 62.4 cm³/mol. The van der Waals surface area contributed by atoms with Crippen molar-refractivity contribution in [3.8, 4) is 0 Å². The molecule has 15 heavy (non-hydrogen) atoms. The highest BCUT2D eigenvalue weighted by Crippen LogP contribution is 2.16. The van der Waals surface area contributed by atoms with Crippen LogP contribution in [0.15, 0.2) is 11.4 Å². The first kappa shape index (κ1) is 12.2. The molecule has 0 saturated heterocycles. The van der Waals surface area contributed by atoms with Crippen molar-refractivity contribution in [2.75, 3.05) is 6.54 Å². The molecule has 0 saturated carbocycles. The second kappa shape index (κ2) is 5.88. The van der Waals surface area contributed by atoms with Crippen molar-refractivity contribution in [3.63, 3.8) is 0 Å². The molecule has 1 aromatic heterocycles. The summed E-state index contributed by atoms with van der Waals surface area (Å²) in [6.07, 6.45) is 1.12. The van der Waals surface area contributed by atoms with E-state index in [1.807, 2.05) is 11.4 Å². The normalized spacial score (nSPS) is 10.9. The first-order chi connectivity index (χ1) is 7.11. The van der Waals surface area contributed by atoms with E-state index in [-0.39, 0.29) is 0 Å². The van der Waals surface area contributed by atoms with Crippen molar-refractivity contribution in [1.82, 2.24) is 5.32 Å². The molecule has 0 aliphatic heterocycles. The maximum atomic E-state index is 10.8. The summed E-state index contributed by atoms with van der Waals surface area (Å²) in [5, 5.41) is 14.0. The Morgan fingerprint density at radius 3 is 2.93 bits per heavy atom. The van der Waals surface area contributed by atoms with Gasteiger partial charge < -0.3 is 10.4 Å². The van der Waals surface area contributed by atoms with E-state index in [1.54, 1.807) is 0 Å². The zero-order chi connectivity index (χ0) is 11.3. The minimum Gasteiger partial charge on any atom is -0.477 e. The molecule has 0 radical (unpaired) electrons. The molecule has 0 bridgehead atoms. The van der Waals surface area contributed by atoms with Crippen LogP contribution in [0.1, 0.15) is 35.5 Å². The van der Waals surface area contributed by atoms with Crippen molar-refractivity contribution >= 4 is 17.3 Å². The summed E-state index contributed by atoms with van der Waals surface area (Å²) >= 11 is 1.28. The molecule has 1 heterocycles. The Hall–Kier alpha value is -0.870. The lowest BCUT2D eigenvalue weighted by Gasteiger charge is -2.06. The fourth-order valence-corrected chi connectivity index (χ4v) is 2.04. The largest absolute Gasteiger partial charge is 0.477 e. The van der Waals surface area contributed by atoms with Gasteiger partial charge in [0.05, 0.1) is 0 Å². The molecule has 0 fully saturated rings. The van der Waals surface area contributed by atoms with E-state index < -0.39 is 5.97 Å². The highest BCUT2D eigenvalue weighted by Gasteiger charge is 2.10. The molecule has 0 atom stereocenters. The Morgan fingerprint density at radius 1 is 1.60 bits per heavy atom. The third-order valence-corrected chi connectivity index (χ3v) is 3.10. The van der Waals surface area contributed by atoms with Crippen LogP contribution in [0.2, 0.25) is 0 Å². The molecule has 0 aliphatic rings. The van der Waals surface area contributed by atoms with Gasteiger partial charge in [-0.3, -0.25) is 0 Å². The summed E-state index contributed by atoms with van der Waals surface area (Å²) in [4.78, 5) is 11.3. The number of carbonyl (C=O) groups is 1. The van der Waals surface area contributed by atoms with Gasteiger partial charge in [-0.15, -0.1) is 11.3 Å². The number of nitrogens with one attached hydrogen (secondary N) is 1. The van der Waals surface area contributed by atoms with Gasteiger partial charge in [-0.25, -0.2) is 4.79 Å². The minimum absolute atomic E-state index is 0.451. The van der Waals surface area contributed by atoms with Crippen LogP contribution in [0.4, 0.5) is 0 Å². The fraction of sp³-hybridized carbons (Fsp3) is 0.545. The predicted octanol–water partition coefficient (Wildman–Crippen LogP) is 2.58. The topological polar surface area (TPSA) is 49.3 Å². The molecule has 0 unspecified atom stereocenters. The molecule has 3 nitrogen and oxygen atoms in total. The van der Waals surface area contributed by atoms with E-state index >= 15 is 0 Å². The quantitative estimate of drug-likeness (QED) is 0.734. The van der Waals surface area contributed by atoms with E-state index in [1.165, 1.54) is 11.3 Å². The molecule has 84 valence electrons. The average molecular weight is 227 g/mol. The monoisotopic (exact) mass is 227 g/mol. The van der Waals surface area contributed by atoms with Gasteiger partial charge in [-0.2, -0.15) is 0 Å². The first-order valence-corrected chi connectivity index (χ1v) is 5.99. The standard InChI is InChI=1S/C11H17NO2S/c1-8(2)3-5-12-7-9-4-6-15-10(9)11(13)14/h4,6,8,12H,3,5,7H2,1-2H3,(H,13,14). The summed E-state index contributed by atoms with van der Waals surface area (Å²) in [7, 11) is 0. The Morgan fingerprint density at radius 2 is 2.33 bits per heavy atom. The van der Waals surface area contributed by atoms with Crippen LogP contribution in [0, 0.1) is 5.92 Å². The lowest BCUT2D eigenvalue weighted by molar-refractivity contribution is 0.0701. The lowest BCUT2D eigenvalue weighted by Crippen LogP contribution is -2.17. The Balaban J connectivity index is 2.37. The van der Waals surface area contributed by atoms with Gasteiger partial charge in [-0.05, 0) is 35.9 Å². The molecule has 1 aromatic rings. The van der Waals surface area contributed by atoms with E-state index in [9.17, 15) is 4.79 Å². The van der Waals surface area contributed by atoms with Gasteiger partial charge in [-0.1, -0.05) is 13.8 Å². The molecule has 0 aromatic carbocycles. The zero-order valence-electron chi connectivity index (χ0n) is 9.12. The van der Waals surface area contributed by atoms with Crippen molar-refractivity contribution in [3.05, 3.63) is 21.9 Å². The Labute approximate surface area is 94.1 Å². The van der Waals surface area contributed by atoms with E-state index in [4.69, 9.17) is 5.11 Å². The first-order valence-electron chi connectivity index (χ1n) is 5.11. The maximum absolute atomic E-state index is 10.8. The molecular formula is C11H17NO2S. The molecule has 4 heteroatoms. The minimum atomic E-state index is -0.828. The summed E-state index contributed by atoms with van der Waals surface area (Å²) in [5.41, 5.74) is 0.885. The van der Waals surface area contributed by atoms with Gasteiger partial charge in [0.15, 0.2) is 0 Å². The molecule has 0 aliphatic carbocycles. The number of hydrogen-bond acceptors (Lipinski definition) is 3. The molecule has 0 spiro atoms. The summed E-state index contributed by atoms with van der Waals surface area (Å²) < 4.78 is 0. The van der Waals surface area contributed by atoms with Crippen molar-refractivity contribution in [2.24, 2.45) is 5.92 Å². The Kier molecular flexibility index (Phi) is 4.78. The van der Waals surface area contributed by atoms with Crippen LogP contribution in [0.5, 0.6) is 0 Å². The second-order valence-electron chi connectivity index (χ2n) is 3.94. The van der Waals surface area contributed by atoms with Gasteiger partial charge in [0, 0.05) is 6.54 Å². The van der Waals surface area contributed by atoms with Gasteiger partial charge in [0.2, 0.25) is 0 Å². The third-order valence-electron chi connectivity index (χ3n) is 2.15. The van der Waals surface area contributed by atoms with E-state index in [0.29, 0.717) is 17.3 Å². The van der Waals surface area contributed by atoms with Crippen molar-refractivity contribution in [2.45, 2.75) is 26.8 Å². The second-order valence-corrected chi connectivity index (χ2v) is 4.86. The number of thiophene rings is 1. The van der Waals surface area contributed by atoms with E-state index in [2.05, 4.69) is 19.2 Å². The molecular weight excluding hydrogens is 210 g/mol. The van der Waals surface area contributed by atoms with E-state index in [0.717, 1.165) is 18.5 Å². The number of aromatic carboxylic acids is 1. The van der Waals surface area contributed by atoms with Gasteiger partial charge in [0.1, 0.15) is 4.88 Å². The van der Waals surface area contributed by atoms with Gasteiger partial charge >= 0.3 is 5.97 Å². The smallest absolute Gasteiger partial charge is 0.346 e. The number of hydrogen-bond donors (Lipinski definition) is 2. The number of rotatable bonds is 6. The van der Waals surface area contributed by atoms with Crippen LogP contribution in [-0.2, 0) is 6.54 Å². The molecule has 0 amide bonds. The van der Waals surface area contributed by atoms with Crippen LogP contribution in [-0.4, -0.2) is 17.6 Å². The summed E-state index contributed by atoms with van der Waals surface area (Å²) in [6, 6.07) is 1.87. The highest BCUT2D eigenvalue weighted by molar-refractivity contribution is 7.12. The van der Waals surface area contributed by atoms with Crippen LogP contribution in [0.25, 0.3) is 0 Å². The third kappa shape index (κ3) is 4.01.